The number of carbonyl (C=O) groups is 1. The average Bonchev–Trinajstić information content (AvgIpc) is 2.32. The van der Waals surface area contributed by atoms with Crippen molar-refractivity contribution in [3.63, 3.8) is 0 Å². The van der Waals surface area contributed by atoms with Crippen molar-refractivity contribution in [3.05, 3.63) is 34.3 Å². The van der Waals surface area contributed by atoms with Crippen LogP contribution in [-0.2, 0) is 11.3 Å². The molecule has 92 valence electrons. The van der Waals surface area contributed by atoms with Gasteiger partial charge in [-0.1, -0.05) is 34.1 Å². The number of carboxylic acid groups (broad SMARTS) is 1. The van der Waals surface area contributed by atoms with Crippen molar-refractivity contribution in [2.24, 2.45) is 5.92 Å². The molecule has 3 nitrogen and oxygen atoms in total. The second-order valence-electron chi connectivity index (χ2n) is 4.50. The molecule has 1 N–H and O–H groups in total. The van der Waals surface area contributed by atoms with Crippen LogP contribution in [-0.4, -0.2) is 29.1 Å². The number of likely N-dealkylation sites (tertiary alicyclic amines) is 1. The zero-order valence-corrected chi connectivity index (χ0v) is 11.2. The number of carboxylic acids is 1. The first-order valence-electron chi connectivity index (χ1n) is 5.85. The summed E-state index contributed by atoms with van der Waals surface area (Å²) in [4.78, 5) is 13.2. The van der Waals surface area contributed by atoms with Gasteiger partial charge in [0.1, 0.15) is 0 Å². The highest BCUT2D eigenvalue weighted by molar-refractivity contribution is 9.10. The minimum atomic E-state index is -0.665. The van der Waals surface area contributed by atoms with Gasteiger partial charge in [0.2, 0.25) is 0 Å². The summed E-state index contributed by atoms with van der Waals surface area (Å²) < 4.78 is 1.09. The van der Waals surface area contributed by atoms with E-state index in [-0.39, 0.29) is 5.92 Å². The van der Waals surface area contributed by atoms with Crippen LogP contribution in [0, 0.1) is 5.92 Å². The molecule has 1 fully saturated rings. The molecule has 0 saturated carbocycles. The van der Waals surface area contributed by atoms with Crippen molar-refractivity contribution in [2.45, 2.75) is 19.4 Å². The van der Waals surface area contributed by atoms with Crippen molar-refractivity contribution < 1.29 is 9.90 Å². The van der Waals surface area contributed by atoms with E-state index in [9.17, 15) is 4.79 Å². The van der Waals surface area contributed by atoms with E-state index in [0.717, 1.165) is 30.4 Å². The van der Waals surface area contributed by atoms with Crippen LogP contribution < -0.4 is 0 Å². The van der Waals surface area contributed by atoms with Gasteiger partial charge in [-0.15, -0.1) is 0 Å². The van der Waals surface area contributed by atoms with E-state index in [2.05, 4.69) is 26.9 Å². The lowest BCUT2D eigenvalue weighted by molar-refractivity contribution is -0.143. The molecule has 1 aromatic rings. The third-order valence-corrected chi connectivity index (χ3v) is 3.98. The van der Waals surface area contributed by atoms with Gasteiger partial charge in [0.05, 0.1) is 5.92 Å². The molecule has 1 atom stereocenters. The molecule has 0 amide bonds. The maximum absolute atomic E-state index is 11.0. The summed E-state index contributed by atoms with van der Waals surface area (Å²) in [6.07, 6.45) is 1.78. The smallest absolute Gasteiger partial charge is 0.307 e. The van der Waals surface area contributed by atoms with E-state index < -0.39 is 5.97 Å². The molecule has 1 saturated heterocycles. The maximum atomic E-state index is 11.0. The summed E-state index contributed by atoms with van der Waals surface area (Å²) in [5.41, 5.74) is 1.22. The summed E-state index contributed by atoms with van der Waals surface area (Å²) in [5, 5.41) is 9.04. The highest BCUT2D eigenvalue weighted by Gasteiger charge is 2.25. The Hall–Kier alpha value is -0.870. The molecule has 0 radical (unpaired) electrons. The number of hydrogen-bond acceptors (Lipinski definition) is 2. The van der Waals surface area contributed by atoms with Gasteiger partial charge in [0.25, 0.3) is 0 Å². The van der Waals surface area contributed by atoms with Crippen LogP contribution in [0.1, 0.15) is 18.4 Å². The first-order chi connectivity index (χ1) is 8.16. The fraction of sp³-hybridized carbons (Fsp3) is 0.462. The largest absolute Gasteiger partial charge is 0.481 e. The minimum Gasteiger partial charge on any atom is -0.481 e. The van der Waals surface area contributed by atoms with Crippen molar-refractivity contribution >= 4 is 21.9 Å². The predicted molar refractivity (Wildman–Crippen MR) is 69.8 cm³/mol. The molecule has 1 unspecified atom stereocenters. The van der Waals surface area contributed by atoms with E-state index in [1.54, 1.807) is 0 Å². The number of aliphatic carboxylic acids is 1. The molecule has 0 bridgehead atoms. The molecule has 1 aliphatic heterocycles. The van der Waals surface area contributed by atoms with E-state index in [0.29, 0.717) is 6.54 Å². The summed E-state index contributed by atoms with van der Waals surface area (Å²) in [7, 11) is 0. The van der Waals surface area contributed by atoms with Gasteiger partial charge in [-0.2, -0.15) is 0 Å². The fourth-order valence-electron chi connectivity index (χ4n) is 2.27. The van der Waals surface area contributed by atoms with Gasteiger partial charge in [0.15, 0.2) is 0 Å². The Morgan fingerprint density at radius 1 is 1.47 bits per heavy atom. The van der Waals surface area contributed by atoms with E-state index in [4.69, 9.17) is 5.11 Å². The summed E-state index contributed by atoms with van der Waals surface area (Å²) >= 11 is 3.52. The van der Waals surface area contributed by atoms with E-state index in [1.807, 2.05) is 18.2 Å². The zero-order chi connectivity index (χ0) is 12.3. The maximum Gasteiger partial charge on any atom is 0.307 e. The van der Waals surface area contributed by atoms with Crippen LogP contribution in [0.15, 0.2) is 28.7 Å². The lowest BCUT2D eigenvalue weighted by Crippen LogP contribution is -2.38. The van der Waals surface area contributed by atoms with Crippen LogP contribution in [0.25, 0.3) is 0 Å². The van der Waals surface area contributed by atoms with Crippen LogP contribution in [0.2, 0.25) is 0 Å². The minimum absolute atomic E-state index is 0.203. The molecular formula is C13H16BrNO2. The van der Waals surface area contributed by atoms with Crippen LogP contribution in [0.4, 0.5) is 0 Å². The highest BCUT2D eigenvalue weighted by Crippen LogP contribution is 2.22. The molecular weight excluding hydrogens is 282 g/mol. The SMILES string of the molecule is O=C(O)C1CCCN(Cc2ccccc2Br)C1. The van der Waals surface area contributed by atoms with Crippen molar-refractivity contribution in [1.82, 2.24) is 4.90 Å². The Balaban J connectivity index is 1.99. The lowest BCUT2D eigenvalue weighted by Gasteiger charge is -2.30. The third-order valence-electron chi connectivity index (χ3n) is 3.21. The molecule has 1 heterocycles. The average molecular weight is 298 g/mol. The molecule has 17 heavy (non-hydrogen) atoms. The quantitative estimate of drug-likeness (QED) is 0.933. The first kappa shape index (κ1) is 12.6. The Morgan fingerprint density at radius 2 is 2.24 bits per heavy atom. The van der Waals surface area contributed by atoms with Crippen LogP contribution in [0.5, 0.6) is 0 Å². The molecule has 1 aliphatic rings. The Labute approximate surface area is 110 Å². The molecule has 0 aliphatic carbocycles. The van der Waals surface area contributed by atoms with Gasteiger partial charge >= 0.3 is 5.97 Å². The van der Waals surface area contributed by atoms with Crippen LogP contribution in [0.3, 0.4) is 0 Å². The van der Waals surface area contributed by atoms with E-state index >= 15 is 0 Å². The van der Waals surface area contributed by atoms with Gasteiger partial charge < -0.3 is 5.11 Å². The van der Waals surface area contributed by atoms with Crippen molar-refractivity contribution in [3.8, 4) is 0 Å². The standard InChI is InChI=1S/C13H16BrNO2/c14-12-6-2-1-4-10(12)8-15-7-3-5-11(9-15)13(16)17/h1-2,4,6,11H,3,5,7-9H2,(H,16,17). The monoisotopic (exact) mass is 297 g/mol. The second-order valence-corrected chi connectivity index (χ2v) is 5.36. The number of hydrogen-bond donors (Lipinski definition) is 1. The number of benzene rings is 1. The molecule has 4 heteroatoms. The molecule has 0 spiro atoms. The third kappa shape index (κ3) is 3.30. The van der Waals surface area contributed by atoms with Gasteiger partial charge in [-0.25, -0.2) is 0 Å². The number of halogens is 1. The Bertz CT molecular complexity index is 408. The zero-order valence-electron chi connectivity index (χ0n) is 9.60. The van der Waals surface area contributed by atoms with Crippen molar-refractivity contribution in [1.29, 1.82) is 0 Å². The van der Waals surface area contributed by atoms with Crippen LogP contribution >= 0.6 is 15.9 Å². The summed E-state index contributed by atoms with van der Waals surface area (Å²) in [6, 6.07) is 8.10. The number of nitrogens with zero attached hydrogens (tertiary/aromatic N) is 1. The Morgan fingerprint density at radius 3 is 2.94 bits per heavy atom. The summed E-state index contributed by atoms with van der Waals surface area (Å²) in [5.74, 6) is -0.868. The lowest BCUT2D eigenvalue weighted by atomic mass is 9.98. The molecule has 2 rings (SSSR count). The van der Waals surface area contributed by atoms with Gasteiger partial charge in [0, 0.05) is 17.6 Å². The molecule has 1 aromatic carbocycles. The van der Waals surface area contributed by atoms with Crippen molar-refractivity contribution in [2.75, 3.05) is 13.1 Å². The summed E-state index contributed by atoms with van der Waals surface area (Å²) in [6.45, 7) is 2.48. The highest BCUT2D eigenvalue weighted by atomic mass is 79.9. The van der Waals surface area contributed by atoms with Gasteiger partial charge in [-0.3, -0.25) is 9.69 Å². The van der Waals surface area contributed by atoms with E-state index in [1.165, 1.54) is 5.56 Å². The number of rotatable bonds is 3. The Kier molecular flexibility index (Phi) is 4.18. The first-order valence-corrected chi connectivity index (χ1v) is 6.64. The fourth-order valence-corrected chi connectivity index (χ4v) is 2.68. The second kappa shape index (κ2) is 5.65. The topological polar surface area (TPSA) is 40.5 Å². The molecule has 0 aromatic heterocycles. The van der Waals surface area contributed by atoms with Gasteiger partial charge in [-0.05, 0) is 31.0 Å². The predicted octanol–water partition coefficient (Wildman–Crippen LogP) is 2.75. The normalized spacial score (nSPS) is 21.4. The number of piperidine rings is 1.